The molecule has 2 aliphatic rings. The van der Waals surface area contributed by atoms with Crippen LogP contribution in [0.15, 0.2) is 0 Å². The largest absolute Gasteiger partial charge is 0.380 e. The number of ether oxygens (including phenoxy) is 1. The Balaban J connectivity index is 1.82. The van der Waals surface area contributed by atoms with Gasteiger partial charge in [0.2, 0.25) is 0 Å². The maximum Gasteiger partial charge on any atom is 0.0628 e. The molecule has 0 amide bonds. The number of nitrogens with zero attached hydrogens (tertiary/aromatic N) is 2. The van der Waals surface area contributed by atoms with Gasteiger partial charge in [0.25, 0.3) is 0 Å². The Bertz CT molecular complexity index is 236. The van der Waals surface area contributed by atoms with Crippen molar-refractivity contribution < 1.29 is 4.74 Å². The van der Waals surface area contributed by atoms with Crippen molar-refractivity contribution in [3.05, 3.63) is 0 Å². The molecule has 0 radical (unpaired) electrons. The molecule has 3 nitrogen and oxygen atoms in total. The molecule has 0 N–H and O–H groups in total. The van der Waals surface area contributed by atoms with E-state index >= 15 is 0 Å². The molecule has 2 fully saturated rings. The van der Waals surface area contributed by atoms with Gasteiger partial charge in [0.05, 0.1) is 12.7 Å². The number of hydrogen-bond acceptors (Lipinski definition) is 3. The lowest BCUT2D eigenvalue weighted by atomic mass is 10.0. The smallest absolute Gasteiger partial charge is 0.0628 e. The lowest BCUT2D eigenvalue weighted by molar-refractivity contribution is 0.146. The van der Waals surface area contributed by atoms with E-state index in [1.165, 1.54) is 12.8 Å². The summed E-state index contributed by atoms with van der Waals surface area (Å²) in [7, 11) is 2.16. The van der Waals surface area contributed by atoms with Crippen LogP contribution in [0.2, 0.25) is 0 Å². The van der Waals surface area contributed by atoms with Crippen molar-refractivity contribution in [3.63, 3.8) is 0 Å². The Kier molecular flexibility index (Phi) is 2.76. The van der Waals surface area contributed by atoms with Gasteiger partial charge < -0.3 is 9.64 Å². The molecule has 3 heteroatoms. The van der Waals surface area contributed by atoms with E-state index in [-0.39, 0.29) is 0 Å². The van der Waals surface area contributed by atoms with Crippen LogP contribution in [0.1, 0.15) is 25.7 Å². The Morgan fingerprint density at radius 1 is 1.57 bits per heavy atom. The van der Waals surface area contributed by atoms with Crippen molar-refractivity contribution in [3.8, 4) is 6.07 Å². The summed E-state index contributed by atoms with van der Waals surface area (Å²) in [5.41, 5.74) is 0.339. The highest BCUT2D eigenvalue weighted by atomic mass is 16.5. The predicted octanol–water partition coefficient (Wildman–Crippen LogP) is 1.40. The van der Waals surface area contributed by atoms with Crippen LogP contribution < -0.4 is 0 Å². The van der Waals surface area contributed by atoms with Crippen LogP contribution in [-0.2, 0) is 4.74 Å². The second kappa shape index (κ2) is 3.88. The van der Waals surface area contributed by atoms with E-state index in [0.717, 1.165) is 32.6 Å². The average Bonchev–Trinajstić information content (AvgIpc) is 2.70. The average molecular weight is 194 g/mol. The van der Waals surface area contributed by atoms with Gasteiger partial charge in [-0.3, -0.25) is 0 Å². The van der Waals surface area contributed by atoms with Gasteiger partial charge in [0.1, 0.15) is 0 Å². The highest BCUT2D eigenvalue weighted by molar-refractivity contribution is 5.01. The van der Waals surface area contributed by atoms with Crippen LogP contribution in [0.25, 0.3) is 0 Å². The number of rotatable bonds is 4. The Morgan fingerprint density at radius 2 is 2.36 bits per heavy atom. The van der Waals surface area contributed by atoms with E-state index in [1.807, 2.05) is 0 Å². The first-order chi connectivity index (χ1) is 6.76. The maximum absolute atomic E-state index is 8.73. The highest BCUT2D eigenvalue weighted by Crippen LogP contribution is 2.49. The van der Waals surface area contributed by atoms with Crippen LogP contribution >= 0.6 is 0 Å². The molecule has 1 aliphatic heterocycles. The zero-order valence-electron chi connectivity index (χ0n) is 8.83. The zero-order chi connectivity index (χ0) is 10.0. The van der Waals surface area contributed by atoms with Crippen molar-refractivity contribution in [2.75, 3.05) is 26.8 Å². The fraction of sp³-hybridized carbons (Fsp3) is 0.909. The fourth-order valence-corrected chi connectivity index (χ4v) is 2.26. The normalized spacial score (nSPS) is 29.1. The van der Waals surface area contributed by atoms with Crippen molar-refractivity contribution in [2.45, 2.75) is 31.7 Å². The summed E-state index contributed by atoms with van der Waals surface area (Å²) < 4.78 is 5.37. The molecule has 0 bridgehead atoms. The summed E-state index contributed by atoms with van der Waals surface area (Å²) in [6.45, 7) is 2.86. The lowest BCUT2D eigenvalue weighted by Gasteiger charge is -2.26. The van der Waals surface area contributed by atoms with Crippen molar-refractivity contribution >= 4 is 0 Å². The van der Waals surface area contributed by atoms with Crippen molar-refractivity contribution in [1.29, 1.82) is 5.26 Å². The summed E-state index contributed by atoms with van der Waals surface area (Å²) in [4.78, 5) is 2.39. The minimum Gasteiger partial charge on any atom is -0.380 e. The molecule has 0 spiro atoms. The van der Waals surface area contributed by atoms with E-state index in [1.54, 1.807) is 0 Å². The second-order valence-electron chi connectivity index (χ2n) is 4.77. The molecule has 1 saturated heterocycles. The molecule has 14 heavy (non-hydrogen) atoms. The van der Waals surface area contributed by atoms with Crippen LogP contribution in [0.4, 0.5) is 0 Å². The maximum atomic E-state index is 8.73. The number of nitriles is 1. The third-order valence-corrected chi connectivity index (χ3v) is 3.52. The third kappa shape index (κ3) is 2.08. The predicted molar refractivity (Wildman–Crippen MR) is 53.8 cm³/mol. The molecule has 0 aromatic rings. The molecule has 1 saturated carbocycles. The van der Waals surface area contributed by atoms with E-state index in [0.29, 0.717) is 11.5 Å². The van der Waals surface area contributed by atoms with Gasteiger partial charge in [-0.2, -0.15) is 5.26 Å². The van der Waals surface area contributed by atoms with Gasteiger partial charge in [-0.25, -0.2) is 0 Å². The topological polar surface area (TPSA) is 36.3 Å². The van der Waals surface area contributed by atoms with Crippen molar-refractivity contribution in [2.24, 2.45) is 5.41 Å². The van der Waals surface area contributed by atoms with Gasteiger partial charge in [-0.05, 0) is 31.7 Å². The summed E-state index contributed by atoms with van der Waals surface area (Å²) in [6, 6.07) is 2.90. The first kappa shape index (κ1) is 9.95. The van der Waals surface area contributed by atoms with E-state index in [9.17, 15) is 0 Å². The SMILES string of the molecule is CN(CC1(CC#N)CC1)C1CCOC1. The molecule has 0 aromatic heterocycles. The molecule has 1 unspecified atom stereocenters. The Hall–Kier alpha value is -0.590. The summed E-state index contributed by atoms with van der Waals surface area (Å²) >= 11 is 0. The molecule has 2 rings (SSSR count). The van der Waals surface area contributed by atoms with Crippen LogP contribution in [0, 0.1) is 16.7 Å². The van der Waals surface area contributed by atoms with Gasteiger partial charge in [0, 0.05) is 25.6 Å². The summed E-state index contributed by atoms with van der Waals surface area (Å²) in [5.74, 6) is 0. The Labute approximate surface area is 85.6 Å². The van der Waals surface area contributed by atoms with Crippen LogP contribution in [0.5, 0.6) is 0 Å². The first-order valence-corrected chi connectivity index (χ1v) is 5.41. The van der Waals surface area contributed by atoms with Crippen LogP contribution in [0.3, 0.4) is 0 Å². The minimum absolute atomic E-state index is 0.339. The second-order valence-corrected chi connectivity index (χ2v) is 4.77. The summed E-state index contributed by atoms with van der Waals surface area (Å²) in [5, 5.41) is 8.73. The van der Waals surface area contributed by atoms with Crippen molar-refractivity contribution in [1.82, 2.24) is 4.90 Å². The molecule has 1 atom stereocenters. The summed E-state index contributed by atoms with van der Waals surface area (Å²) in [6.07, 6.45) is 4.35. The standard InChI is InChI=1S/C11H18N2O/c1-13(10-2-7-14-8-10)9-11(3-4-11)5-6-12/h10H,2-5,7-9H2,1H3. The molecule has 1 heterocycles. The molecule has 0 aromatic carbocycles. The first-order valence-electron chi connectivity index (χ1n) is 5.41. The monoisotopic (exact) mass is 194 g/mol. The van der Waals surface area contributed by atoms with Gasteiger partial charge in [0.15, 0.2) is 0 Å². The van der Waals surface area contributed by atoms with Gasteiger partial charge in [-0.15, -0.1) is 0 Å². The number of likely N-dealkylation sites (N-methyl/N-ethyl adjacent to an activating group) is 1. The number of hydrogen-bond donors (Lipinski definition) is 0. The molecule has 1 aliphatic carbocycles. The van der Waals surface area contributed by atoms with Gasteiger partial charge >= 0.3 is 0 Å². The highest BCUT2D eigenvalue weighted by Gasteiger charge is 2.44. The quantitative estimate of drug-likeness (QED) is 0.678. The van der Waals surface area contributed by atoms with E-state index in [4.69, 9.17) is 10.00 Å². The Morgan fingerprint density at radius 3 is 2.86 bits per heavy atom. The molecular weight excluding hydrogens is 176 g/mol. The van der Waals surface area contributed by atoms with E-state index < -0.39 is 0 Å². The third-order valence-electron chi connectivity index (χ3n) is 3.52. The minimum atomic E-state index is 0.339. The lowest BCUT2D eigenvalue weighted by Crippen LogP contribution is -2.36. The van der Waals surface area contributed by atoms with Gasteiger partial charge in [-0.1, -0.05) is 0 Å². The zero-order valence-corrected chi connectivity index (χ0v) is 8.83. The van der Waals surface area contributed by atoms with Crippen LogP contribution in [-0.4, -0.2) is 37.7 Å². The molecular formula is C11H18N2O. The molecule has 78 valence electrons. The fourth-order valence-electron chi connectivity index (χ4n) is 2.26. The van der Waals surface area contributed by atoms with E-state index in [2.05, 4.69) is 18.0 Å².